The first-order chi connectivity index (χ1) is 13.4. The molecule has 8 nitrogen and oxygen atoms in total. The lowest BCUT2D eigenvalue weighted by Gasteiger charge is -2.34. The summed E-state index contributed by atoms with van der Waals surface area (Å²) in [5, 5.41) is 4.18. The Hall–Kier alpha value is -2.78. The van der Waals surface area contributed by atoms with Crippen molar-refractivity contribution in [3.8, 4) is 5.82 Å². The molecule has 1 saturated heterocycles. The van der Waals surface area contributed by atoms with Crippen LogP contribution >= 0.6 is 0 Å². The second kappa shape index (κ2) is 7.33. The summed E-state index contributed by atoms with van der Waals surface area (Å²) in [7, 11) is -3.49. The highest BCUT2D eigenvalue weighted by atomic mass is 32.2. The fourth-order valence-electron chi connectivity index (χ4n) is 3.22. The van der Waals surface area contributed by atoms with E-state index in [-0.39, 0.29) is 0 Å². The smallest absolute Gasteiger partial charge is 0.243 e. The number of rotatable bonds is 4. The molecule has 146 valence electrons. The average molecular weight is 398 g/mol. The molecule has 3 heterocycles. The molecule has 0 bridgehead atoms. The molecule has 2 aromatic heterocycles. The summed E-state index contributed by atoms with van der Waals surface area (Å²) in [4.78, 5) is 11.0. The van der Waals surface area contributed by atoms with Gasteiger partial charge >= 0.3 is 0 Å². The molecule has 0 spiro atoms. The van der Waals surface area contributed by atoms with Gasteiger partial charge < -0.3 is 4.90 Å². The van der Waals surface area contributed by atoms with E-state index in [1.807, 2.05) is 38.2 Å². The lowest BCUT2D eigenvalue weighted by atomic mass is 10.1. The topological polar surface area (TPSA) is 84.2 Å². The Labute approximate surface area is 164 Å². The van der Waals surface area contributed by atoms with Gasteiger partial charge in [0.2, 0.25) is 10.0 Å². The minimum atomic E-state index is -3.49. The third-order valence-electron chi connectivity index (χ3n) is 5.06. The van der Waals surface area contributed by atoms with Crippen LogP contribution in [0.3, 0.4) is 0 Å². The number of benzene rings is 1. The molecule has 4 rings (SSSR count). The van der Waals surface area contributed by atoms with E-state index in [9.17, 15) is 8.42 Å². The van der Waals surface area contributed by atoms with Crippen LogP contribution < -0.4 is 4.90 Å². The SMILES string of the molecule is Cc1ccc(S(=O)(=O)N2CCN(c3cc(-n4cccn4)ncn3)CC2)cc1C. The molecule has 28 heavy (non-hydrogen) atoms. The van der Waals surface area contributed by atoms with Crippen molar-refractivity contribution in [3.05, 3.63) is 60.2 Å². The van der Waals surface area contributed by atoms with Gasteiger partial charge in [0.15, 0.2) is 5.82 Å². The van der Waals surface area contributed by atoms with Gasteiger partial charge in [-0.1, -0.05) is 6.07 Å². The molecular formula is C19H22N6O2S. The van der Waals surface area contributed by atoms with Crippen molar-refractivity contribution in [2.24, 2.45) is 0 Å². The van der Waals surface area contributed by atoms with Crippen LogP contribution in [0.15, 0.2) is 53.9 Å². The molecular weight excluding hydrogens is 376 g/mol. The molecule has 0 N–H and O–H groups in total. The van der Waals surface area contributed by atoms with Crippen LogP contribution in [0.4, 0.5) is 5.82 Å². The van der Waals surface area contributed by atoms with Crippen molar-refractivity contribution in [1.29, 1.82) is 0 Å². The van der Waals surface area contributed by atoms with E-state index >= 15 is 0 Å². The minimum absolute atomic E-state index is 0.354. The van der Waals surface area contributed by atoms with Gasteiger partial charge in [0, 0.05) is 44.6 Å². The maximum Gasteiger partial charge on any atom is 0.243 e. The normalized spacial score (nSPS) is 15.7. The zero-order valence-electron chi connectivity index (χ0n) is 15.9. The van der Waals surface area contributed by atoms with Crippen LogP contribution in [0.1, 0.15) is 11.1 Å². The number of sulfonamides is 1. The van der Waals surface area contributed by atoms with Crippen LogP contribution in [0.2, 0.25) is 0 Å². The van der Waals surface area contributed by atoms with E-state index in [1.165, 1.54) is 6.33 Å². The first kappa shape index (κ1) is 18.6. The van der Waals surface area contributed by atoms with E-state index in [4.69, 9.17) is 0 Å². The highest BCUT2D eigenvalue weighted by molar-refractivity contribution is 7.89. The van der Waals surface area contributed by atoms with Gasteiger partial charge in [0.25, 0.3) is 0 Å². The number of aryl methyl sites for hydroxylation is 2. The van der Waals surface area contributed by atoms with Crippen molar-refractivity contribution in [1.82, 2.24) is 24.1 Å². The Morgan fingerprint density at radius 3 is 2.36 bits per heavy atom. The van der Waals surface area contributed by atoms with Crippen molar-refractivity contribution in [2.45, 2.75) is 18.7 Å². The monoisotopic (exact) mass is 398 g/mol. The van der Waals surface area contributed by atoms with Gasteiger partial charge in [0.05, 0.1) is 4.90 Å². The van der Waals surface area contributed by atoms with E-state index in [0.717, 1.165) is 16.9 Å². The molecule has 0 atom stereocenters. The standard InChI is InChI=1S/C19H22N6O2S/c1-15-4-5-17(12-16(15)2)28(26,27)24-10-8-23(9-11-24)18-13-19(21-14-20-18)25-7-3-6-22-25/h3-7,12-14H,8-11H2,1-2H3. The maximum atomic E-state index is 13.0. The van der Waals surface area contributed by atoms with Gasteiger partial charge in [-0.2, -0.15) is 9.40 Å². The quantitative estimate of drug-likeness (QED) is 0.666. The highest BCUT2D eigenvalue weighted by Gasteiger charge is 2.29. The van der Waals surface area contributed by atoms with Gasteiger partial charge in [-0.15, -0.1) is 0 Å². The van der Waals surface area contributed by atoms with Crippen LogP contribution in [0.5, 0.6) is 0 Å². The summed E-state index contributed by atoms with van der Waals surface area (Å²) in [5.74, 6) is 1.45. The molecule has 3 aromatic rings. The third-order valence-corrected chi connectivity index (χ3v) is 6.95. The van der Waals surface area contributed by atoms with E-state index in [2.05, 4.69) is 20.0 Å². The van der Waals surface area contributed by atoms with Gasteiger partial charge in [-0.3, -0.25) is 0 Å². The molecule has 0 saturated carbocycles. The Morgan fingerprint density at radius 1 is 0.929 bits per heavy atom. The lowest BCUT2D eigenvalue weighted by Crippen LogP contribution is -2.49. The van der Waals surface area contributed by atoms with Crippen molar-refractivity contribution in [3.63, 3.8) is 0 Å². The summed E-state index contributed by atoms with van der Waals surface area (Å²) >= 11 is 0. The number of hydrogen-bond donors (Lipinski definition) is 0. The Balaban J connectivity index is 1.49. The van der Waals surface area contributed by atoms with E-state index in [1.54, 1.807) is 27.3 Å². The second-order valence-corrected chi connectivity index (χ2v) is 8.76. The van der Waals surface area contributed by atoms with Crippen LogP contribution in [-0.2, 0) is 10.0 Å². The zero-order valence-corrected chi connectivity index (χ0v) is 16.7. The summed E-state index contributed by atoms with van der Waals surface area (Å²) in [6.45, 7) is 5.87. The number of piperazine rings is 1. The van der Waals surface area contributed by atoms with Crippen LogP contribution in [0, 0.1) is 13.8 Å². The summed E-state index contributed by atoms with van der Waals surface area (Å²) in [6.07, 6.45) is 5.02. The van der Waals surface area contributed by atoms with Crippen LogP contribution in [-0.4, -0.2) is 58.7 Å². The van der Waals surface area contributed by atoms with Crippen LogP contribution in [0.25, 0.3) is 5.82 Å². The number of aromatic nitrogens is 4. The molecule has 1 aliphatic heterocycles. The molecule has 0 unspecified atom stereocenters. The molecule has 0 radical (unpaired) electrons. The molecule has 0 aliphatic carbocycles. The fourth-order valence-corrected chi connectivity index (χ4v) is 4.73. The number of anilines is 1. The highest BCUT2D eigenvalue weighted by Crippen LogP contribution is 2.22. The number of nitrogens with zero attached hydrogens (tertiary/aromatic N) is 6. The Kier molecular flexibility index (Phi) is 4.86. The lowest BCUT2D eigenvalue weighted by molar-refractivity contribution is 0.383. The summed E-state index contributed by atoms with van der Waals surface area (Å²) in [5.41, 5.74) is 2.06. The van der Waals surface area contributed by atoms with E-state index < -0.39 is 10.0 Å². The average Bonchev–Trinajstić information content (AvgIpc) is 3.25. The fraction of sp³-hybridized carbons (Fsp3) is 0.316. The van der Waals surface area contributed by atoms with Crippen molar-refractivity contribution in [2.75, 3.05) is 31.1 Å². The Morgan fingerprint density at radius 2 is 1.68 bits per heavy atom. The molecule has 1 aliphatic rings. The first-order valence-corrected chi connectivity index (χ1v) is 10.5. The predicted molar refractivity (Wildman–Crippen MR) is 106 cm³/mol. The summed E-state index contributed by atoms with van der Waals surface area (Å²) in [6, 6.07) is 8.98. The Bertz CT molecular complexity index is 1070. The molecule has 1 aromatic carbocycles. The largest absolute Gasteiger partial charge is 0.354 e. The molecule has 1 fully saturated rings. The maximum absolute atomic E-state index is 13.0. The molecule has 0 amide bonds. The summed E-state index contributed by atoms with van der Waals surface area (Å²) < 4.78 is 29.2. The van der Waals surface area contributed by atoms with Gasteiger partial charge in [-0.25, -0.2) is 23.1 Å². The van der Waals surface area contributed by atoms with Gasteiger partial charge in [0.1, 0.15) is 12.1 Å². The van der Waals surface area contributed by atoms with Crippen molar-refractivity contribution < 1.29 is 8.42 Å². The van der Waals surface area contributed by atoms with Gasteiger partial charge in [-0.05, 0) is 43.2 Å². The number of hydrogen-bond acceptors (Lipinski definition) is 6. The van der Waals surface area contributed by atoms with E-state index in [0.29, 0.717) is 36.9 Å². The van der Waals surface area contributed by atoms with Crippen molar-refractivity contribution >= 4 is 15.8 Å². The third kappa shape index (κ3) is 3.50. The zero-order chi connectivity index (χ0) is 19.7. The molecule has 9 heteroatoms. The second-order valence-electron chi connectivity index (χ2n) is 6.82. The predicted octanol–water partition coefficient (Wildman–Crippen LogP) is 1.79. The minimum Gasteiger partial charge on any atom is -0.354 e. The first-order valence-electron chi connectivity index (χ1n) is 9.09.